The van der Waals surface area contributed by atoms with Gasteiger partial charge in [0.15, 0.2) is 0 Å². The van der Waals surface area contributed by atoms with Gasteiger partial charge in [-0.1, -0.05) is 0 Å². The van der Waals surface area contributed by atoms with Gasteiger partial charge in [0.2, 0.25) is 0 Å². The third-order valence-electron chi connectivity index (χ3n) is 1.52. The van der Waals surface area contributed by atoms with Crippen molar-refractivity contribution in [3.05, 3.63) is 11.8 Å². The Hall–Kier alpha value is -1.58. The molecule has 0 unspecified atom stereocenters. The molecule has 0 spiro atoms. The number of hydrogen-bond donors (Lipinski definition) is 0. The molecule has 0 aliphatic carbocycles. The van der Waals surface area contributed by atoms with Crippen molar-refractivity contribution in [2.75, 3.05) is 0 Å². The highest BCUT2D eigenvalue weighted by molar-refractivity contribution is 6.29. The summed E-state index contributed by atoms with van der Waals surface area (Å²) < 4.78 is 0. The van der Waals surface area contributed by atoms with Crippen LogP contribution >= 0.6 is 0 Å². The number of carbonyl (C=O) groups excluding carboxylic acids is 1. The first kappa shape index (κ1) is 6.15. The highest BCUT2D eigenvalue weighted by atomic mass is 16.1. The summed E-state index contributed by atoms with van der Waals surface area (Å²) in [5, 5.41) is 0. The molecule has 2 aliphatic heterocycles. The van der Waals surface area contributed by atoms with Gasteiger partial charge in [0.25, 0.3) is 5.91 Å². The molecule has 2 aliphatic rings. The summed E-state index contributed by atoms with van der Waals surface area (Å²) in [4.78, 5) is 22.3. The first-order valence-electron chi connectivity index (χ1n) is 3.23. The molecule has 0 radical (unpaired) electrons. The quantitative estimate of drug-likeness (QED) is 0.487. The predicted molar refractivity (Wildman–Crippen MR) is 42.1 cm³/mol. The molecule has 4 nitrogen and oxygen atoms in total. The molecule has 0 saturated heterocycles. The van der Waals surface area contributed by atoms with Crippen LogP contribution in [0.5, 0.6) is 0 Å². The lowest BCUT2D eigenvalue weighted by atomic mass is 10.1. The lowest BCUT2D eigenvalue weighted by Crippen LogP contribution is -2.17. The summed E-state index contributed by atoms with van der Waals surface area (Å²) in [5.74, 6) is -0.244. The molecule has 0 saturated carbocycles. The molecule has 11 heavy (non-hydrogen) atoms. The van der Waals surface area contributed by atoms with Crippen molar-refractivity contribution in [1.29, 1.82) is 0 Å². The molecule has 2 heterocycles. The van der Waals surface area contributed by atoms with Crippen LogP contribution < -0.4 is 0 Å². The molecule has 0 aromatic heterocycles. The molecule has 0 atom stereocenters. The van der Waals surface area contributed by atoms with Crippen molar-refractivity contribution in [1.82, 2.24) is 0 Å². The van der Waals surface area contributed by atoms with Crippen molar-refractivity contribution in [2.24, 2.45) is 15.0 Å². The summed E-state index contributed by atoms with van der Waals surface area (Å²) >= 11 is 0. The number of aliphatic imine (C=N–C) groups is 3. The second-order valence-corrected chi connectivity index (χ2v) is 2.20. The van der Waals surface area contributed by atoms with E-state index in [2.05, 4.69) is 15.0 Å². The number of amides is 1. The number of hydrogen-bond acceptors (Lipinski definition) is 3. The monoisotopic (exact) mass is 147 g/mol. The molecule has 0 N–H and O–H groups in total. The Kier molecular flexibility index (Phi) is 1.25. The van der Waals surface area contributed by atoms with E-state index in [0.29, 0.717) is 12.0 Å². The third-order valence-corrected chi connectivity index (χ3v) is 1.52. The van der Waals surface area contributed by atoms with Gasteiger partial charge in [0.1, 0.15) is 6.34 Å². The maximum absolute atomic E-state index is 11.0. The Morgan fingerprint density at radius 2 is 2.36 bits per heavy atom. The summed E-state index contributed by atoms with van der Waals surface area (Å²) in [6.45, 7) is 0. The van der Waals surface area contributed by atoms with Crippen LogP contribution in [-0.4, -0.2) is 24.2 Å². The number of rotatable bonds is 0. The van der Waals surface area contributed by atoms with Crippen LogP contribution in [-0.2, 0) is 4.79 Å². The fourth-order valence-electron chi connectivity index (χ4n) is 0.972. The Morgan fingerprint density at radius 1 is 1.45 bits per heavy atom. The fraction of sp³-hybridized carbons (Fsp3) is 0.143. The van der Waals surface area contributed by atoms with Gasteiger partial charge in [0.05, 0.1) is 11.3 Å². The van der Waals surface area contributed by atoms with Crippen molar-refractivity contribution in [3.63, 3.8) is 0 Å². The molecular weight excluding hydrogens is 142 g/mol. The minimum absolute atomic E-state index is 0.244. The Bertz CT molecular complexity index is 323. The predicted octanol–water partition coefficient (Wildman–Crippen LogP) is 0.354. The van der Waals surface area contributed by atoms with Gasteiger partial charge in [-0.25, -0.2) is 4.99 Å². The van der Waals surface area contributed by atoms with Crippen molar-refractivity contribution in [2.45, 2.75) is 6.42 Å². The van der Waals surface area contributed by atoms with Gasteiger partial charge in [-0.15, -0.1) is 0 Å². The third kappa shape index (κ3) is 0.920. The van der Waals surface area contributed by atoms with E-state index in [0.717, 1.165) is 5.71 Å². The zero-order chi connectivity index (χ0) is 7.68. The van der Waals surface area contributed by atoms with Crippen molar-refractivity contribution < 1.29 is 4.79 Å². The highest BCUT2D eigenvalue weighted by Gasteiger charge is 2.18. The molecule has 0 fully saturated rings. The van der Waals surface area contributed by atoms with Gasteiger partial charge in [0, 0.05) is 18.8 Å². The van der Waals surface area contributed by atoms with Crippen LogP contribution in [0.25, 0.3) is 0 Å². The zero-order valence-corrected chi connectivity index (χ0v) is 5.69. The Balaban J connectivity index is 2.48. The molecule has 0 bridgehead atoms. The van der Waals surface area contributed by atoms with Gasteiger partial charge in [-0.2, -0.15) is 4.99 Å². The van der Waals surface area contributed by atoms with E-state index in [4.69, 9.17) is 0 Å². The van der Waals surface area contributed by atoms with E-state index in [1.807, 2.05) is 0 Å². The minimum atomic E-state index is -0.244. The molecule has 54 valence electrons. The maximum Gasteiger partial charge on any atom is 0.281 e. The molecule has 0 aromatic rings. The van der Waals surface area contributed by atoms with Crippen LogP contribution in [0.4, 0.5) is 0 Å². The van der Waals surface area contributed by atoms with E-state index in [9.17, 15) is 4.79 Å². The van der Waals surface area contributed by atoms with Gasteiger partial charge in [-0.05, 0) is 0 Å². The van der Waals surface area contributed by atoms with Crippen LogP contribution in [0.3, 0.4) is 0 Å². The first-order valence-corrected chi connectivity index (χ1v) is 3.23. The van der Waals surface area contributed by atoms with Crippen molar-refractivity contribution >= 4 is 24.2 Å². The average molecular weight is 147 g/mol. The highest BCUT2D eigenvalue weighted by Crippen LogP contribution is 2.11. The second kappa shape index (κ2) is 2.23. The standard InChI is InChI=1S/C7H5N3O/c11-7-5-3-8-2-1-6(5)9-4-10-7/h2-4H,1H2. The Labute approximate surface area is 63.1 Å². The molecule has 1 amide bonds. The average Bonchev–Trinajstić information content (AvgIpc) is 2.06. The number of fused-ring (bicyclic) bond motifs is 1. The first-order chi connectivity index (χ1) is 5.38. The summed E-state index contributed by atoms with van der Waals surface area (Å²) in [6, 6.07) is 0. The van der Waals surface area contributed by atoms with E-state index in [1.54, 1.807) is 6.21 Å². The second-order valence-electron chi connectivity index (χ2n) is 2.20. The SMILES string of the molecule is O=C1N=CN=C2CC=NC=C12. The molecule has 0 aromatic carbocycles. The van der Waals surface area contributed by atoms with E-state index in [1.165, 1.54) is 12.5 Å². The number of carbonyl (C=O) groups is 1. The summed E-state index contributed by atoms with van der Waals surface area (Å²) in [6.07, 6.45) is 5.13. The van der Waals surface area contributed by atoms with Gasteiger partial charge in [-0.3, -0.25) is 9.79 Å². The van der Waals surface area contributed by atoms with E-state index in [-0.39, 0.29) is 5.91 Å². The maximum atomic E-state index is 11.0. The topological polar surface area (TPSA) is 54.1 Å². The normalized spacial score (nSPS) is 20.9. The van der Waals surface area contributed by atoms with Crippen LogP contribution in [0.1, 0.15) is 6.42 Å². The van der Waals surface area contributed by atoms with Gasteiger partial charge < -0.3 is 0 Å². The summed E-state index contributed by atoms with van der Waals surface area (Å²) in [7, 11) is 0. The van der Waals surface area contributed by atoms with Crippen LogP contribution in [0.15, 0.2) is 26.8 Å². The zero-order valence-electron chi connectivity index (χ0n) is 5.69. The van der Waals surface area contributed by atoms with E-state index >= 15 is 0 Å². The lowest BCUT2D eigenvalue weighted by Gasteiger charge is -2.09. The lowest BCUT2D eigenvalue weighted by molar-refractivity contribution is -0.113. The summed E-state index contributed by atoms with van der Waals surface area (Å²) in [5.41, 5.74) is 1.29. The van der Waals surface area contributed by atoms with Crippen LogP contribution in [0, 0.1) is 0 Å². The largest absolute Gasteiger partial charge is 0.281 e. The van der Waals surface area contributed by atoms with Gasteiger partial charge >= 0.3 is 0 Å². The van der Waals surface area contributed by atoms with E-state index < -0.39 is 0 Å². The number of nitrogens with zero attached hydrogens (tertiary/aromatic N) is 3. The minimum Gasteiger partial charge on any atom is -0.268 e. The smallest absolute Gasteiger partial charge is 0.268 e. The molecule has 2 rings (SSSR count). The molecular formula is C7H5N3O. The Morgan fingerprint density at radius 3 is 3.18 bits per heavy atom. The van der Waals surface area contributed by atoms with Crippen LogP contribution in [0.2, 0.25) is 0 Å². The molecule has 4 heteroatoms. The van der Waals surface area contributed by atoms with Crippen molar-refractivity contribution in [3.8, 4) is 0 Å². The fourth-order valence-corrected chi connectivity index (χ4v) is 0.972.